The van der Waals surface area contributed by atoms with Gasteiger partial charge in [-0.15, -0.1) is 0 Å². The van der Waals surface area contributed by atoms with Crippen LogP contribution in [0, 0.1) is 5.82 Å². The third-order valence-corrected chi connectivity index (χ3v) is 9.20. The zero-order valence-corrected chi connectivity index (χ0v) is 24.4. The van der Waals surface area contributed by atoms with Gasteiger partial charge in [-0.2, -0.15) is 0 Å². The molecule has 2 N–H and O–H groups in total. The van der Waals surface area contributed by atoms with Crippen molar-refractivity contribution < 1.29 is 33.3 Å². The number of fused-ring (bicyclic) bond motifs is 1. The Hall–Kier alpha value is -2.66. The number of halogens is 4. The first-order valence-electron chi connectivity index (χ1n) is 13.8. The van der Waals surface area contributed by atoms with E-state index in [1.807, 2.05) is 0 Å². The van der Waals surface area contributed by atoms with Crippen LogP contribution >= 0.6 is 23.2 Å². The van der Waals surface area contributed by atoms with Crippen molar-refractivity contribution in [2.45, 2.75) is 61.7 Å². The number of nitrogens with zero attached hydrogens (tertiary/aromatic N) is 2. The summed E-state index contributed by atoms with van der Waals surface area (Å²) >= 11 is 12.2. The van der Waals surface area contributed by atoms with Crippen molar-refractivity contribution in [2.75, 3.05) is 19.8 Å². The lowest BCUT2D eigenvalue weighted by Gasteiger charge is -2.42. The van der Waals surface area contributed by atoms with Gasteiger partial charge in [0.05, 0.1) is 40.6 Å². The zero-order valence-electron chi connectivity index (χ0n) is 22.9. The molecule has 11 heteroatoms. The van der Waals surface area contributed by atoms with E-state index in [-0.39, 0.29) is 55.9 Å². The predicted octanol–water partition coefficient (Wildman–Crippen LogP) is 5.65. The van der Waals surface area contributed by atoms with Crippen LogP contribution in [0.5, 0.6) is 0 Å². The van der Waals surface area contributed by atoms with Crippen molar-refractivity contribution in [3.05, 3.63) is 98.5 Å². The summed E-state index contributed by atoms with van der Waals surface area (Å²) in [5.74, 6) is -1.48. The van der Waals surface area contributed by atoms with E-state index in [0.29, 0.717) is 34.1 Å². The number of amides is 1. The van der Waals surface area contributed by atoms with E-state index in [9.17, 15) is 15.0 Å². The molecule has 2 atom stereocenters. The molecule has 1 amide bonds. The molecule has 2 aliphatic heterocycles. The maximum Gasteiger partial charge on any atom is 0.257 e. The van der Waals surface area contributed by atoms with Crippen molar-refractivity contribution in [3.8, 4) is 0 Å². The molecule has 3 aliphatic rings. The quantitative estimate of drug-likeness (QED) is 0.339. The first-order valence-corrected chi connectivity index (χ1v) is 14.5. The Morgan fingerprint density at radius 2 is 1.74 bits per heavy atom. The number of alkyl halides is 1. The number of aliphatic hydroxyl groups is 2. The van der Waals surface area contributed by atoms with Gasteiger partial charge in [-0.25, -0.2) is 8.78 Å². The van der Waals surface area contributed by atoms with E-state index in [4.69, 9.17) is 32.7 Å². The van der Waals surface area contributed by atoms with E-state index in [2.05, 4.69) is 4.98 Å². The maximum atomic E-state index is 16.6. The molecule has 3 heterocycles. The highest BCUT2D eigenvalue weighted by Crippen LogP contribution is 2.51. The fraction of sp³-hybridized carbons (Fsp3) is 0.419. The lowest BCUT2D eigenvalue weighted by atomic mass is 9.75. The van der Waals surface area contributed by atoms with Crippen LogP contribution in [0.4, 0.5) is 8.78 Å². The van der Waals surface area contributed by atoms with E-state index in [0.717, 1.165) is 6.07 Å². The normalized spacial score (nSPS) is 23.9. The average Bonchev–Trinajstić information content (AvgIpc) is 3.66. The third-order valence-electron chi connectivity index (χ3n) is 8.73. The highest BCUT2D eigenvalue weighted by atomic mass is 35.5. The Kier molecular flexibility index (Phi) is 7.36. The maximum absolute atomic E-state index is 16.6. The smallest absolute Gasteiger partial charge is 0.257 e. The molecule has 7 nitrogen and oxygen atoms in total. The van der Waals surface area contributed by atoms with Crippen LogP contribution in [0.2, 0.25) is 10.0 Å². The summed E-state index contributed by atoms with van der Waals surface area (Å²) in [4.78, 5) is 20.0. The lowest BCUT2D eigenvalue weighted by Crippen LogP contribution is -2.50. The van der Waals surface area contributed by atoms with Gasteiger partial charge in [-0.05, 0) is 61.7 Å². The Morgan fingerprint density at radius 3 is 2.36 bits per heavy atom. The Bertz CT molecular complexity index is 1510. The first kappa shape index (κ1) is 29.4. The number of aromatic nitrogens is 1. The highest BCUT2D eigenvalue weighted by Gasteiger charge is 2.58. The van der Waals surface area contributed by atoms with Crippen molar-refractivity contribution in [2.24, 2.45) is 0 Å². The molecule has 1 aromatic heterocycles. The summed E-state index contributed by atoms with van der Waals surface area (Å²) in [5.41, 5.74) is -6.60. The molecule has 222 valence electrons. The van der Waals surface area contributed by atoms with Crippen molar-refractivity contribution in [1.29, 1.82) is 0 Å². The summed E-state index contributed by atoms with van der Waals surface area (Å²) in [7, 11) is 0. The van der Waals surface area contributed by atoms with Gasteiger partial charge in [0.2, 0.25) is 0 Å². The summed E-state index contributed by atoms with van der Waals surface area (Å²) in [6.07, 6.45) is 2.26. The molecule has 0 bridgehead atoms. The van der Waals surface area contributed by atoms with E-state index < -0.39 is 34.3 Å². The average molecular weight is 619 g/mol. The standard InChI is InChI=1S/C31H30Cl2F2N2O5/c1-28(39,30(35)10-12-41-13-11-30)20-14-24-26(25(34)15-20)31(42-18-29(40)8-9-29,19-2-4-21(32)5-3-19)37(27(24)38)17-23-7-6-22(33)16-36-23/h2-7,14-16,39-40H,8-13,17-18H2,1H3/t28?,31-/m0/s1. The number of ether oxygens (including phenoxy) is 2. The highest BCUT2D eigenvalue weighted by molar-refractivity contribution is 6.30. The van der Waals surface area contributed by atoms with Gasteiger partial charge in [0.15, 0.2) is 5.72 Å². The molecular formula is C31H30Cl2F2N2O5. The van der Waals surface area contributed by atoms with Gasteiger partial charge in [0, 0.05) is 42.8 Å². The molecule has 3 aromatic rings. The summed E-state index contributed by atoms with van der Waals surface area (Å²) in [6.45, 7) is 1.22. The van der Waals surface area contributed by atoms with E-state index in [1.165, 1.54) is 24.1 Å². The summed E-state index contributed by atoms with van der Waals surface area (Å²) in [6, 6.07) is 12.1. The van der Waals surface area contributed by atoms with E-state index >= 15 is 8.78 Å². The first-order chi connectivity index (χ1) is 19.9. The van der Waals surface area contributed by atoms with Gasteiger partial charge < -0.3 is 19.7 Å². The fourth-order valence-electron chi connectivity index (χ4n) is 5.85. The monoisotopic (exact) mass is 618 g/mol. The second-order valence-electron chi connectivity index (χ2n) is 11.6. The number of carbonyl (C=O) groups is 1. The number of hydrogen-bond acceptors (Lipinski definition) is 6. The van der Waals surface area contributed by atoms with Crippen LogP contribution in [0.1, 0.15) is 65.3 Å². The van der Waals surface area contributed by atoms with Crippen LogP contribution in [0.3, 0.4) is 0 Å². The molecule has 1 saturated heterocycles. The molecule has 2 aromatic carbocycles. The number of carbonyl (C=O) groups excluding carboxylic acids is 1. The Labute approximate surface area is 252 Å². The molecule has 1 aliphatic carbocycles. The molecule has 42 heavy (non-hydrogen) atoms. The van der Waals surface area contributed by atoms with E-state index in [1.54, 1.807) is 36.4 Å². The second kappa shape index (κ2) is 10.5. The third kappa shape index (κ3) is 4.90. The minimum atomic E-state index is -2.12. The molecule has 0 radical (unpaired) electrons. The molecule has 1 saturated carbocycles. The fourth-order valence-corrected chi connectivity index (χ4v) is 6.08. The van der Waals surface area contributed by atoms with Crippen molar-refractivity contribution >= 4 is 29.1 Å². The van der Waals surface area contributed by atoms with Gasteiger partial charge >= 0.3 is 0 Å². The number of rotatable bonds is 8. The SMILES string of the molecule is CC(O)(c1cc(F)c2c(c1)C(=O)N(Cc1ccc(Cl)cn1)[C@]2(OCC1(O)CC1)c1ccc(Cl)cc1)C1(F)CCOCC1. The van der Waals surface area contributed by atoms with Crippen molar-refractivity contribution in [1.82, 2.24) is 9.88 Å². The summed E-state index contributed by atoms with van der Waals surface area (Å²) < 4.78 is 44.4. The number of pyridine rings is 1. The summed E-state index contributed by atoms with van der Waals surface area (Å²) in [5, 5.41) is 23.1. The van der Waals surface area contributed by atoms with Gasteiger partial charge in [-0.3, -0.25) is 14.7 Å². The van der Waals surface area contributed by atoms with Crippen LogP contribution in [0.25, 0.3) is 0 Å². The number of hydrogen-bond donors (Lipinski definition) is 2. The van der Waals surface area contributed by atoms with Crippen LogP contribution in [-0.4, -0.2) is 57.1 Å². The molecule has 1 unspecified atom stereocenters. The molecular weight excluding hydrogens is 589 g/mol. The van der Waals surface area contributed by atoms with Crippen LogP contribution in [0.15, 0.2) is 54.7 Å². The minimum Gasteiger partial charge on any atom is -0.387 e. The van der Waals surface area contributed by atoms with Gasteiger partial charge in [-0.1, -0.05) is 35.3 Å². The largest absolute Gasteiger partial charge is 0.387 e. The zero-order chi connectivity index (χ0) is 29.9. The topological polar surface area (TPSA) is 92.1 Å². The van der Waals surface area contributed by atoms with Crippen molar-refractivity contribution in [3.63, 3.8) is 0 Å². The Morgan fingerprint density at radius 1 is 1.07 bits per heavy atom. The van der Waals surface area contributed by atoms with Crippen LogP contribution in [-0.2, 0) is 27.3 Å². The Balaban J connectivity index is 1.54. The number of benzene rings is 2. The predicted molar refractivity (Wildman–Crippen MR) is 151 cm³/mol. The molecule has 0 spiro atoms. The lowest BCUT2D eigenvalue weighted by molar-refractivity contribution is -0.143. The van der Waals surface area contributed by atoms with Crippen LogP contribution < -0.4 is 0 Å². The minimum absolute atomic E-state index is 0.0752. The van der Waals surface area contributed by atoms with Gasteiger partial charge in [0.1, 0.15) is 17.1 Å². The molecule has 2 fully saturated rings. The molecule has 6 rings (SSSR count). The van der Waals surface area contributed by atoms with Gasteiger partial charge in [0.25, 0.3) is 5.91 Å². The second-order valence-corrected chi connectivity index (χ2v) is 12.4.